The lowest BCUT2D eigenvalue weighted by Crippen LogP contribution is -2.28. The second kappa shape index (κ2) is 6.44. The second-order valence-corrected chi connectivity index (χ2v) is 6.86. The molecule has 1 saturated heterocycles. The third kappa shape index (κ3) is 3.36. The van der Waals surface area contributed by atoms with E-state index in [1.165, 1.54) is 22.5 Å². The van der Waals surface area contributed by atoms with Crippen molar-refractivity contribution in [1.29, 1.82) is 0 Å². The fourth-order valence-electron chi connectivity index (χ4n) is 2.25. The molecule has 1 aliphatic rings. The Kier molecular flexibility index (Phi) is 4.84. The van der Waals surface area contributed by atoms with Gasteiger partial charge in [0.15, 0.2) is 0 Å². The van der Waals surface area contributed by atoms with Crippen LogP contribution in [0.3, 0.4) is 0 Å². The average molecular weight is 313 g/mol. The predicted octanol–water partition coefficient (Wildman–Crippen LogP) is 1.96. The van der Waals surface area contributed by atoms with Crippen LogP contribution in [-0.4, -0.2) is 43.5 Å². The highest BCUT2D eigenvalue weighted by molar-refractivity contribution is 7.89. The first-order valence-electron chi connectivity index (χ1n) is 6.97. The van der Waals surface area contributed by atoms with Crippen molar-refractivity contribution < 1.29 is 23.1 Å². The summed E-state index contributed by atoms with van der Waals surface area (Å²) in [5.41, 5.74) is -0.122. The molecule has 0 atom stereocenters. The summed E-state index contributed by atoms with van der Waals surface area (Å²) < 4.78 is 31.6. The van der Waals surface area contributed by atoms with Crippen molar-refractivity contribution in [3.05, 3.63) is 23.8 Å². The number of ether oxygens (including phenoxy) is 1. The molecule has 7 heteroatoms. The number of hydrogen-bond donors (Lipinski definition) is 1. The molecule has 0 bridgehead atoms. The Balaban J connectivity index is 2.37. The molecule has 0 spiro atoms. The zero-order valence-electron chi connectivity index (χ0n) is 11.9. The Bertz CT molecular complexity index is 620. The van der Waals surface area contributed by atoms with Gasteiger partial charge in [-0.3, -0.25) is 0 Å². The quantitative estimate of drug-likeness (QED) is 0.868. The average Bonchev–Trinajstić information content (AvgIpc) is 2.99. The molecule has 0 saturated carbocycles. The molecule has 0 amide bonds. The molecule has 1 fully saturated rings. The maximum Gasteiger partial charge on any atom is 0.339 e. The van der Waals surface area contributed by atoms with Crippen molar-refractivity contribution in [3.8, 4) is 5.75 Å². The molecule has 1 aromatic rings. The van der Waals surface area contributed by atoms with Crippen LogP contribution in [0.1, 0.15) is 36.5 Å². The molecule has 116 valence electrons. The normalized spacial score (nSPS) is 16.0. The SMILES string of the molecule is CCCOc1ccc(S(=O)(=O)N2CCCC2)cc1C(=O)O. The van der Waals surface area contributed by atoms with Gasteiger partial charge in [-0.25, -0.2) is 13.2 Å². The Labute approximate surface area is 124 Å². The van der Waals surface area contributed by atoms with Gasteiger partial charge < -0.3 is 9.84 Å². The van der Waals surface area contributed by atoms with Crippen molar-refractivity contribution in [2.24, 2.45) is 0 Å². The minimum absolute atomic E-state index is 0.00523. The molecule has 1 aromatic carbocycles. The van der Waals surface area contributed by atoms with Crippen molar-refractivity contribution in [2.45, 2.75) is 31.1 Å². The van der Waals surface area contributed by atoms with E-state index in [-0.39, 0.29) is 16.2 Å². The molecule has 1 heterocycles. The molecule has 0 aromatic heterocycles. The highest BCUT2D eigenvalue weighted by Gasteiger charge is 2.28. The minimum Gasteiger partial charge on any atom is -0.493 e. The Hall–Kier alpha value is -1.60. The van der Waals surface area contributed by atoms with E-state index in [4.69, 9.17) is 4.74 Å². The Morgan fingerprint density at radius 1 is 1.33 bits per heavy atom. The molecular weight excluding hydrogens is 294 g/mol. The summed E-state index contributed by atoms with van der Waals surface area (Å²) in [5.74, 6) is -0.996. The van der Waals surface area contributed by atoms with E-state index in [2.05, 4.69) is 0 Å². The van der Waals surface area contributed by atoms with Gasteiger partial charge >= 0.3 is 5.97 Å². The van der Waals surface area contributed by atoms with Crippen LogP contribution in [0.4, 0.5) is 0 Å². The molecule has 0 unspecified atom stereocenters. The predicted molar refractivity (Wildman–Crippen MR) is 77.2 cm³/mol. The van der Waals surface area contributed by atoms with Crippen LogP contribution in [-0.2, 0) is 10.0 Å². The summed E-state index contributed by atoms with van der Waals surface area (Å²) in [6, 6.07) is 4.01. The number of benzene rings is 1. The molecule has 1 aliphatic heterocycles. The van der Waals surface area contributed by atoms with Crippen LogP contribution in [0.5, 0.6) is 5.75 Å². The first kappa shape index (κ1) is 15.8. The fourth-order valence-corrected chi connectivity index (χ4v) is 3.80. The van der Waals surface area contributed by atoms with Gasteiger partial charge in [0.25, 0.3) is 0 Å². The van der Waals surface area contributed by atoms with E-state index in [0.717, 1.165) is 19.3 Å². The number of carbonyl (C=O) groups is 1. The summed E-state index contributed by atoms with van der Waals surface area (Å²) in [7, 11) is -3.62. The van der Waals surface area contributed by atoms with E-state index >= 15 is 0 Å². The zero-order chi connectivity index (χ0) is 15.5. The van der Waals surface area contributed by atoms with Crippen LogP contribution in [0.15, 0.2) is 23.1 Å². The van der Waals surface area contributed by atoms with Gasteiger partial charge in [-0.2, -0.15) is 4.31 Å². The van der Waals surface area contributed by atoms with Crippen molar-refractivity contribution in [2.75, 3.05) is 19.7 Å². The number of rotatable bonds is 6. The smallest absolute Gasteiger partial charge is 0.339 e. The highest BCUT2D eigenvalue weighted by Crippen LogP contribution is 2.26. The highest BCUT2D eigenvalue weighted by atomic mass is 32.2. The van der Waals surface area contributed by atoms with E-state index in [9.17, 15) is 18.3 Å². The lowest BCUT2D eigenvalue weighted by atomic mass is 10.2. The third-order valence-electron chi connectivity index (χ3n) is 3.35. The zero-order valence-corrected chi connectivity index (χ0v) is 12.7. The lowest BCUT2D eigenvalue weighted by Gasteiger charge is -2.16. The number of carboxylic acids is 1. The Morgan fingerprint density at radius 2 is 2.00 bits per heavy atom. The maximum atomic E-state index is 12.4. The molecule has 0 radical (unpaired) electrons. The summed E-state index contributed by atoms with van der Waals surface area (Å²) in [6.07, 6.45) is 2.41. The third-order valence-corrected chi connectivity index (χ3v) is 5.24. The number of nitrogens with zero attached hydrogens (tertiary/aromatic N) is 1. The summed E-state index contributed by atoms with van der Waals surface area (Å²) in [5, 5.41) is 9.23. The molecule has 0 aliphatic carbocycles. The van der Waals surface area contributed by atoms with Crippen LogP contribution in [0, 0.1) is 0 Å². The van der Waals surface area contributed by atoms with Gasteiger partial charge in [-0.1, -0.05) is 6.92 Å². The van der Waals surface area contributed by atoms with Gasteiger partial charge in [-0.05, 0) is 37.5 Å². The van der Waals surface area contributed by atoms with E-state index < -0.39 is 16.0 Å². The first-order valence-corrected chi connectivity index (χ1v) is 8.41. The van der Waals surface area contributed by atoms with E-state index in [1.54, 1.807) is 0 Å². The van der Waals surface area contributed by atoms with Gasteiger partial charge in [0.2, 0.25) is 10.0 Å². The summed E-state index contributed by atoms with van der Waals surface area (Å²) in [4.78, 5) is 11.3. The summed E-state index contributed by atoms with van der Waals surface area (Å²) >= 11 is 0. The number of hydrogen-bond acceptors (Lipinski definition) is 4. The van der Waals surface area contributed by atoms with Crippen LogP contribution in [0.2, 0.25) is 0 Å². The van der Waals surface area contributed by atoms with E-state index in [1.807, 2.05) is 6.92 Å². The van der Waals surface area contributed by atoms with Crippen molar-refractivity contribution in [1.82, 2.24) is 4.31 Å². The van der Waals surface area contributed by atoms with Crippen LogP contribution < -0.4 is 4.74 Å². The maximum absolute atomic E-state index is 12.4. The first-order chi connectivity index (χ1) is 9.96. The van der Waals surface area contributed by atoms with Crippen molar-refractivity contribution in [3.63, 3.8) is 0 Å². The van der Waals surface area contributed by atoms with Gasteiger partial charge in [0.05, 0.1) is 11.5 Å². The number of sulfonamides is 1. The van der Waals surface area contributed by atoms with Gasteiger partial charge in [0, 0.05) is 13.1 Å². The second-order valence-electron chi connectivity index (χ2n) is 4.92. The summed E-state index contributed by atoms with van der Waals surface area (Å²) in [6.45, 7) is 3.27. The van der Waals surface area contributed by atoms with Crippen LogP contribution in [0.25, 0.3) is 0 Å². The number of aromatic carboxylic acids is 1. The lowest BCUT2D eigenvalue weighted by molar-refractivity contribution is 0.0692. The molecular formula is C14H19NO5S. The molecule has 6 nitrogen and oxygen atoms in total. The van der Waals surface area contributed by atoms with Gasteiger partial charge in [-0.15, -0.1) is 0 Å². The monoisotopic (exact) mass is 313 g/mol. The van der Waals surface area contributed by atoms with Crippen molar-refractivity contribution >= 4 is 16.0 Å². The molecule has 2 rings (SSSR count). The Morgan fingerprint density at radius 3 is 2.57 bits per heavy atom. The minimum atomic E-state index is -3.62. The molecule has 21 heavy (non-hydrogen) atoms. The van der Waals surface area contributed by atoms with Gasteiger partial charge in [0.1, 0.15) is 11.3 Å². The molecule has 1 N–H and O–H groups in total. The topological polar surface area (TPSA) is 83.9 Å². The van der Waals surface area contributed by atoms with E-state index in [0.29, 0.717) is 19.7 Å². The standard InChI is InChI=1S/C14H19NO5S/c1-2-9-20-13-6-5-11(10-12(13)14(16)17)21(18,19)15-7-3-4-8-15/h5-6,10H,2-4,7-9H2,1H3,(H,16,17). The number of carboxylic acid groups (broad SMARTS) is 1. The largest absolute Gasteiger partial charge is 0.493 e. The van der Waals surface area contributed by atoms with Crippen LogP contribution >= 0.6 is 0 Å². The fraction of sp³-hybridized carbons (Fsp3) is 0.500.